The van der Waals surface area contributed by atoms with Gasteiger partial charge in [-0.1, -0.05) is 58.5 Å². The van der Waals surface area contributed by atoms with Gasteiger partial charge in [-0.05, 0) is 12.8 Å². The van der Waals surface area contributed by atoms with E-state index < -0.39 is 0 Å². The number of hydrogen-bond donors (Lipinski definition) is 0. The average Bonchev–Trinajstić information content (AvgIpc) is 1.89. The second-order valence-electron chi connectivity index (χ2n) is 2.61. The van der Waals surface area contributed by atoms with Crippen LogP contribution in [0.3, 0.4) is 0 Å². The normalized spacial score (nSPS) is 16.8. The molecule has 0 nitrogen and oxygen atoms in total. The van der Waals surface area contributed by atoms with Gasteiger partial charge in [0.2, 0.25) is 0 Å². The maximum atomic E-state index is 3.66. The van der Waals surface area contributed by atoms with Crippen molar-refractivity contribution in [3.63, 3.8) is 0 Å². The van der Waals surface area contributed by atoms with Gasteiger partial charge in [-0.15, -0.1) is 0 Å². The largest absolute Gasteiger partial charge is 0.0879 e. The molecule has 0 rings (SSSR count). The summed E-state index contributed by atoms with van der Waals surface area (Å²) in [4.78, 5) is 1.33. The van der Waals surface area contributed by atoms with Gasteiger partial charge in [-0.2, -0.15) is 0 Å². The predicted octanol–water partition coefficient (Wildman–Crippen LogP) is 4.11. The van der Waals surface area contributed by atoms with E-state index in [0.717, 1.165) is 0 Å². The van der Waals surface area contributed by atoms with Crippen molar-refractivity contribution in [3.8, 4) is 0 Å². The Morgan fingerprint density at radius 1 is 0.900 bits per heavy atom. The molecular weight excluding hydrogens is 256 g/mol. The lowest BCUT2D eigenvalue weighted by Gasteiger charge is -2.14. The SMILES string of the molecule is CCC[C@@H](Br)[C@H](Br)CCC. The van der Waals surface area contributed by atoms with Gasteiger partial charge in [0.1, 0.15) is 0 Å². The molecule has 10 heavy (non-hydrogen) atoms. The highest BCUT2D eigenvalue weighted by atomic mass is 79.9. The van der Waals surface area contributed by atoms with Crippen molar-refractivity contribution >= 4 is 31.9 Å². The molecule has 2 atom stereocenters. The van der Waals surface area contributed by atoms with Crippen molar-refractivity contribution in [2.75, 3.05) is 0 Å². The van der Waals surface area contributed by atoms with E-state index in [1.165, 1.54) is 25.7 Å². The van der Waals surface area contributed by atoms with Crippen molar-refractivity contribution in [3.05, 3.63) is 0 Å². The third-order valence-electron chi connectivity index (χ3n) is 1.52. The minimum atomic E-state index is 0.664. The Morgan fingerprint density at radius 3 is 1.40 bits per heavy atom. The summed E-state index contributed by atoms with van der Waals surface area (Å²) < 4.78 is 0. The van der Waals surface area contributed by atoms with Gasteiger partial charge in [0, 0.05) is 9.65 Å². The molecule has 0 aromatic carbocycles. The average molecular weight is 272 g/mol. The quantitative estimate of drug-likeness (QED) is 0.660. The van der Waals surface area contributed by atoms with Crippen LogP contribution in [0, 0.1) is 0 Å². The summed E-state index contributed by atoms with van der Waals surface area (Å²) in [5.41, 5.74) is 0. The lowest BCUT2D eigenvalue weighted by Crippen LogP contribution is -2.12. The zero-order valence-electron chi connectivity index (χ0n) is 6.74. The van der Waals surface area contributed by atoms with E-state index in [4.69, 9.17) is 0 Å². The maximum Gasteiger partial charge on any atom is 0.0271 e. The second kappa shape index (κ2) is 6.66. The summed E-state index contributed by atoms with van der Waals surface area (Å²) in [5.74, 6) is 0. The molecule has 0 unspecified atom stereocenters. The van der Waals surface area contributed by atoms with Crippen molar-refractivity contribution in [2.45, 2.75) is 49.2 Å². The molecule has 0 aromatic rings. The van der Waals surface area contributed by atoms with E-state index in [1.54, 1.807) is 0 Å². The summed E-state index contributed by atoms with van der Waals surface area (Å²) >= 11 is 7.32. The number of rotatable bonds is 5. The zero-order chi connectivity index (χ0) is 7.98. The third-order valence-corrected chi connectivity index (χ3v) is 4.42. The van der Waals surface area contributed by atoms with Crippen molar-refractivity contribution < 1.29 is 0 Å². The van der Waals surface area contributed by atoms with Gasteiger partial charge in [-0.3, -0.25) is 0 Å². The number of halogens is 2. The Hall–Kier alpha value is 0.960. The molecule has 0 saturated carbocycles. The molecule has 0 aromatic heterocycles. The molecule has 0 radical (unpaired) electrons. The van der Waals surface area contributed by atoms with Crippen LogP contribution >= 0.6 is 31.9 Å². The first-order chi connectivity index (χ1) is 4.72. The highest BCUT2D eigenvalue weighted by Gasteiger charge is 2.12. The van der Waals surface area contributed by atoms with Crippen LogP contribution in [0.4, 0.5) is 0 Å². The van der Waals surface area contributed by atoms with E-state index in [0.29, 0.717) is 9.65 Å². The molecule has 0 saturated heterocycles. The zero-order valence-corrected chi connectivity index (χ0v) is 9.91. The van der Waals surface area contributed by atoms with Crippen molar-refractivity contribution in [1.29, 1.82) is 0 Å². The number of alkyl halides is 2. The third kappa shape index (κ3) is 4.73. The highest BCUT2D eigenvalue weighted by Crippen LogP contribution is 2.22. The fraction of sp³-hybridized carbons (Fsp3) is 1.00. The minimum absolute atomic E-state index is 0.664. The summed E-state index contributed by atoms with van der Waals surface area (Å²) in [6.45, 7) is 4.44. The Labute approximate surface area is 81.0 Å². The van der Waals surface area contributed by atoms with E-state index in [1.807, 2.05) is 0 Å². The van der Waals surface area contributed by atoms with Crippen LogP contribution in [0.2, 0.25) is 0 Å². The van der Waals surface area contributed by atoms with Crippen molar-refractivity contribution in [2.24, 2.45) is 0 Å². The predicted molar refractivity (Wildman–Crippen MR) is 55.2 cm³/mol. The highest BCUT2D eigenvalue weighted by molar-refractivity contribution is 9.12. The van der Waals surface area contributed by atoms with Gasteiger partial charge in [0.05, 0.1) is 0 Å². The Balaban J connectivity index is 3.38. The van der Waals surface area contributed by atoms with Crippen LogP contribution < -0.4 is 0 Å². The Morgan fingerprint density at radius 2 is 1.20 bits per heavy atom. The molecule has 0 aliphatic rings. The van der Waals surface area contributed by atoms with Crippen LogP contribution in [0.25, 0.3) is 0 Å². The van der Waals surface area contributed by atoms with E-state index in [-0.39, 0.29) is 0 Å². The lowest BCUT2D eigenvalue weighted by atomic mass is 10.1. The molecule has 0 spiro atoms. The van der Waals surface area contributed by atoms with Crippen LogP contribution in [0.15, 0.2) is 0 Å². The fourth-order valence-electron chi connectivity index (χ4n) is 0.913. The molecule has 62 valence electrons. The number of hydrogen-bond acceptors (Lipinski definition) is 0. The van der Waals surface area contributed by atoms with Gasteiger partial charge in [0.25, 0.3) is 0 Å². The van der Waals surface area contributed by atoms with Crippen LogP contribution in [0.1, 0.15) is 39.5 Å². The molecule has 0 fully saturated rings. The van der Waals surface area contributed by atoms with E-state index in [2.05, 4.69) is 45.7 Å². The van der Waals surface area contributed by atoms with Gasteiger partial charge in [-0.25, -0.2) is 0 Å². The van der Waals surface area contributed by atoms with Crippen LogP contribution in [0.5, 0.6) is 0 Å². The van der Waals surface area contributed by atoms with Gasteiger partial charge in [0.15, 0.2) is 0 Å². The molecule has 0 aliphatic carbocycles. The molecule has 0 bridgehead atoms. The van der Waals surface area contributed by atoms with Crippen molar-refractivity contribution in [1.82, 2.24) is 0 Å². The summed E-state index contributed by atoms with van der Waals surface area (Å²) in [6.07, 6.45) is 5.08. The first-order valence-electron chi connectivity index (χ1n) is 4.00. The minimum Gasteiger partial charge on any atom is -0.0879 e. The fourth-order valence-corrected chi connectivity index (χ4v) is 2.36. The summed E-state index contributed by atoms with van der Waals surface area (Å²) in [7, 11) is 0. The molecule has 0 N–H and O–H groups in total. The molecule has 0 heterocycles. The summed E-state index contributed by atoms with van der Waals surface area (Å²) in [5, 5.41) is 0. The Kier molecular flexibility index (Phi) is 7.30. The first-order valence-corrected chi connectivity index (χ1v) is 5.83. The van der Waals surface area contributed by atoms with E-state index >= 15 is 0 Å². The first kappa shape index (κ1) is 11.0. The molecule has 2 heteroatoms. The van der Waals surface area contributed by atoms with Crippen LogP contribution in [-0.4, -0.2) is 9.65 Å². The summed E-state index contributed by atoms with van der Waals surface area (Å²) in [6, 6.07) is 0. The maximum absolute atomic E-state index is 3.66. The topological polar surface area (TPSA) is 0 Å². The van der Waals surface area contributed by atoms with E-state index in [9.17, 15) is 0 Å². The second-order valence-corrected chi connectivity index (χ2v) is 4.96. The lowest BCUT2D eigenvalue weighted by molar-refractivity contribution is 0.668. The molecule has 0 amide bonds. The monoisotopic (exact) mass is 270 g/mol. The molecule has 0 aliphatic heterocycles. The standard InChI is InChI=1S/C8H16Br2/c1-3-5-7(9)8(10)6-4-2/h7-8H,3-6H2,1-2H3/t7-,8-/m1/s1. The van der Waals surface area contributed by atoms with Gasteiger partial charge < -0.3 is 0 Å². The van der Waals surface area contributed by atoms with Crippen LogP contribution in [-0.2, 0) is 0 Å². The van der Waals surface area contributed by atoms with Gasteiger partial charge >= 0.3 is 0 Å². The molecular formula is C8H16Br2. The Bertz CT molecular complexity index is 63.7. The smallest absolute Gasteiger partial charge is 0.0271 e.